The minimum atomic E-state index is -0.176. The van der Waals surface area contributed by atoms with Crippen molar-refractivity contribution in [1.82, 2.24) is 4.98 Å². The molecule has 130 valence electrons. The van der Waals surface area contributed by atoms with E-state index in [1.165, 1.54) is 11.8 Å². The highest BCUT2D eigenvalue weighted by atomic mass is 35.5. The summed E-state index contributed by atoms with van der Waals surface area (Å²) in [6.07, 6.45) is 0. The van der Waals surface area contributed by atoms with Crippen LogP contribution < -0.4 is 5.32 Å². The van der Waals surface area contributed by atoms with E-state index in [1.54, 1.807) is 12.1 Å². The first-order valence-corrected chi connectivity index (χ1v) is 9.33. The zero-order chi connectivity index (χ0) is 18.7. The number of pyridine rings is 1. The standard InChI is InChI=1S/C20H16ClN3OS/c1-12-3-6-18-14(7-12)8-15(10-22)20(24-18)26-11-19(25)23-16-5-4-13(2)17(21)9-16/h3-9H,11H2,1-2H3,(H,23,25). The van der Waals surface area contributed by atoms with Crippen LogP contribution in [0.5, 0.6) is 0 Å². The Kier molecular flexibility index (Phi) is 5.46. The Morgan fingerprint density at radius 2 is 2.04 bits per heavy atom. The van der Waals surface area contributed by atoms with E-state index in [4.69, 9.17) is 11.6 Å². The number of aryl methyl sites for hydroxylation is 2. The molecule has 1 N–H and O–H groups in total. The molecule has 1 heterocycles. The number of carbonyl (C=O) groups excluding carboxylic acids is 1. The van der Waals surface area contributed by atoms with Crippen LogP contribution in [0.15, 0.2) is 47.5 Å². The Bertz CT molecular complexity index is 1040. The summed E-state index contributed by atoms with van der Waals surface area (Å²) in [5.74, 6) is -0.0190. The van der Waals surface area contributed by atoms with E-state index in [0.717, 1.165) is 22.0 Å². The van der Waals surface area contributed by atoms with Gasteiger partial charge in [0.2, 0.25) is 5.91 Å². The van der Waals surface area contributed by atoms with Gasteiger partial charge in [0.15, 0.2) is 0 Å². The van der Waals surface area contributed by atoms with Crippen molar-refractivity contribution >= 4 is 45.9 Å². The third kappa shape index (κ3) is 4.16. The molecular formula is C20H16ClN3OS. The number of nitriles is 1. The third-order valence-corrected chi connectivity index (χ3v) is 5.25. The van der Waals surface area contributed by atoms with Gasteiger partial charge in [-0.25, -0.2) is 4.98 Å². The van der Waals surface area contributed by atoms with Gasteiger partial charge in [-0.05, 0) is 49.7 Å². The third-order valence-electron chi connectivity index (χ3n) is 3.85. The maximum absolute atomic E-state index is 12.2. The first-order chi connectivity index (χ1) is 12.5. The predicted octanol–water partition coefficient (Wildman–Crippen LogP) is 5.11. The minimum Gasteiger partial charge on any atom is -0.325 e. The molecule has 6 heteroatoms. The summed E-state index contributed by atoms with van der Waals surface area (Å²) >= 11 is 7.32. The number of benzene rings is 2. The number of halogens is 1. The van der Waals surface area contributed by atoms with Crippen LogP contribution in [0.4, 0.5) is 5.69 Å². The normalized spacial score (nSPS) is 10.5. The number of fused-ring (bicyclic) bond motifs is 1. The van der Waals surface area contributed by atoms with Crippen molar-refractivity contribution < 1.29 is 4.79 Å². The fourth-order valence-corrected chi connectivity index (χ4v) is 3.41. The van der Waals surface area contributed by atoms with Crippen LogP contribution in [-0.2, 0) is 4.79 Å². The number of thioether (sulfide) groups is 1. The number of carbonyl (C=O) groups is 1. The summed E-state index contributed by atoms with van der Waals surface area (Å²) in [6.45, 7) is 3.90. The van der Waals surface area contributed by atoms with Crippen LogP contribution in [0.2, 0.25) is 5.02 Å². The fraction of sp³-hybridized carbons (Fsp3) is 0.150. The van der Waals surface area contributed by atoms with E-state index in [2.05, 4.69) is 16.4 Å². The van der Waals surface area contributed by atoms with Crippen LogP contribution in [0.1, 0.15) is 16.7 Å². The Labute approximate surface area is 161 Å². The molecule has 0 aliphatic heterocycles. The average molecular weight is 382 g/mol. The second kappa shape index (κ2) is 7.77. The van der Waals surface area contributed by atoms with Crippen LogP contribution >= 0.6 is 23.4 Å². The molecule has 0 aliphatic carbocycles. The molecule has 26 heavy (non-hydrogen) atoms. The molecule has 3 rings (SSSR count). The molecule has 0 saturated heterocycles. The van der Waals surface area contributed by atoms with Crippen molar-refractivity contribution in [2.45, 2.75) is 18.9 Å². The largest absolute Gasteiger partial charge is 0.325 e. The molecule has 0 atom stereocenters. The smallest absolute Gasteiger partial charge is 0.234 e. The SMILES string of the molecule is Cc1ccc2nc(SCC(=O)Nc3ccc(C)c(Cl)c3)c(C#N)cc2c1. The van der Waals surface area contributed by atoms with E-state index in [0.29, 0.717) is 21.3 Å². The molecule has 0 unspecified atom stereocenters. The molecule has 1 amide bonds. The topological polar surface area (TPSA) is 65.8 Å². The van der Waals surface area contributed by atoms with Gasteiger partial charge in [0.25, 0.3) is 0 Å². The van der Waals surface area contributed by atoms with Gasteiger partial charge in [-0.1, -0.05) is 41.1 Å². The summed E-state index contributed by atoms with van der Waals surface area (Å²) in [6, 6.07) is 15.2. The quantitative estimate of drug-likeness (QED) is 0.638. The molecule has 0 fully saturated rings. The maximum Gasteiger partial charge on any atom is 0.234 e. The molecule has 0 spiro atoms. The highest BCUT2D eigenvalue weighted by Gasteiger charge is 2.11. The number of hydrogen-bond donors (Lipinski definition) is 1. The van der Waals surface area contributed by atoms with Crippen molar-refractivity contribution in [1.29, 1.82) is 5.26 Å². The Morgan fingerprint density at radius 3 is 2.77 bits per heavy atom. The molecule has 0 saturated carbocycles. The van der Waals surface area contributed by atoms with Crippen molar-refractivity contribution in [3.63, 3.8) is 0 Å². The first-order valence-electron chi connectivity index (χ1n) is 7.96. The van der Waals surface area contributed by atoms with Crippen molar-refractivity contribution in [3.05, 3.63) is 64.2 Å². The van der Waals surface area contributed by atoms with E-state index >= 15 is 0 Å². The van der Waals surface area contributed by atoms with Gasteiger partial charge >= 0.3 is 0 Å². The predicted molar refractivity (Wildman–Crippen MR) is 107 cm³/mol. The summed E-state index contributed by atoms with van der Waals surface area (Å²) in [4.78, 5) is 16.7. The van der Waals surface area contributed by atoms with E-state index in [-0.39, 0.29) is 11.7 Å². The number of nitrogens with one attached hydrogen (secondary N) is 1. The zero-order valence-corrected chi connectivity index (χ0v) is 15.9. The maximum atomic E-state index is 12.2. The van der Waals surface area contributed by atoms with Crippen LogP contribution in [0.3, 0.4) is 0 Å². The van der Waals surface area contributed by atoms with Gasteiger partial charge in [0, 0.05) is 16.1 Å². The molecular weight excluding hydrogens is 366 g/mol. The van der Waals surface area contributed by atoms with Crippen molar-refractivity contribution in [3.8, 4) is 6.07 Å². The molecule has 0 aliphatic rings. The first kappa shape index (κ1) is 18.2. The second-order valence-corrected chi connectivity index (χ2v) is 7.32. The minimum absolute atomic E-state index is 0.157. The van der Waals surface area contributed by atoms with E-state index < -0.39 is 0 Å². The molecule has 0 bridgehead atoms. The number of rotatable bonds is 4. The van der Waals surface area contributed by atoms with Gasteiger partial charge in [0.05, 0.1) is 16.8 Å². The lowest BCUT2D eigenvalue weighted by molar-refractivity contribution is -0.113. The lowest BCUT2D eigenvalue weighted by Crippen LogP contribution is -2.14. The molecule has 3 aromatic rings. The number of aromatic nitrogens is 1. The van der Waals surface area contributed by atoms with Crippen LogP contribution in [0.25, 0.3) is 10.9 Å². The van der Waals surface area contributed by atoms with E-state index in [9.17, 15) is 10.1 Å². The second-order valence-electron chi connectivity index (χ2n) is 5.95. The van der Waals surface area contributed by atoms with Gasteiger partial charge in [-0.3, -0.25) is 4.79 Å². The Balaban J connectivity index is 1.74. The lowest BCUT2D eigenvalue weighted by atomic mass is 10.1. The van der Waals surface area contributed by atoms with Crippen LogP contribution in [0, 0.1) is 25.2 Å². The molecule has 1 aromatic heterocycles. The number of anilines is 1. The fourth-order valence-electron chi connectivity index (χ4n) is 2.47. The average Bonchev–Trinajstić information content (AvgIpc) is 2.62. The summed E-state index contributed by atoms with van der Waals surface area (Å²) in [7, 11) is 0. The Hall–Kier alpha value is -2.55. The molecule has 0 radical (unpaired) electrons. The van der Waals surface area contributed by atoms with Crippen molar-refractivity contribution in [2.75, 3.05) is 11.1 Å². The lowest BCUT2D eigenvalue weighted by Gasteiger charge is -2.08. The monoisotopic (exact) mass is 381 g/mol. The Morgan fingerprint density at radius 1 is 1.23 bits per heavy atom. The summed E-state index contributed by atoms with van der Waals surface area (Å²) in [5.41, 5.74) is 3.99. The highest BCUT2D eigenvalue weighted by Crippen LogP contribution is 2.26. The van der Waals surface area contributed by atoms with E-state index in [1.807, 2.05) is 44.2 Å². The molecule has 4 nitrogen and oxygen atoms in total. The van der Waals surface area contributed by atoms with Crippen LogP contribution in [-0.4, -0.2) is 16.6 Å². The molecule has 2 aromatic carbocycles. The number of hydrogen-bond acceptors (Lipinski definition) is 4. The number of nitrogens with zero attached hydrogens (tertiary/aromatic N) is 2. The van der Waals surface area contributed by atoms with Gasteiger partial charge in [-0.15, -0.1) is 0 Å². The van der Waals surface area contributed by atoms with Gasteiger partial charge in [0.1, 0.15) is 11.1 Å². The van der Waals surface area contributed by atoms with Gasteiger partial charge in [-0.2, -0.15) is 5.26 Å². The summed E-state index contributed by atoms with van der Waals surface area (Å²) in [5, 5.41) is 14.3. The zero-order valence-electron chi connectivity index (χ0n) is 14.3. The van der Waals surface area contributed by atoms with Crippen molar-refractivity contribution in [2.24, 2.45) is 0 Å². The van der Waals surface area contributed by atoms with Gasteiger partial charge < -0.3 is 5.32 Å². The highest BCUT2D eigenvalue weighted by molar-refractivity contribution is 8.00. The summed E-state index contributed by atoms with van der Waals surface area (Å²) < 4.78 is 0. The number of amides is 1.